The quantitative estimate of drug-likeness (QED) is 0.801. The third-order valence-corrected chi connectivity index (χ3v) is 2.75. The number of rotatable bonds is 3. The fraction of sp³-hybridized carbons (Fsp3) is 0.417. The lowest BCUT2D eigenvalue weighted by molar-refractivity contribution is -0.170. The molecule has 1 heterocycles. The summed E-state index contributed by atoms with van der Waals surface area (Å²) in [7, 11) is 0. The zero-order chi connectivity index (χ0) is 11.8. The Kier molecular flexibility index (Phi) is 2.68. The van der Waals surface area contributed by atoms with E-state index >= 15 is 0 Å². The van der Waals surface area contributed by atoms with E-state index in [-0.39, 0.29) is 17.5 Å². The highest BCUT2D eigenvalue weighted by atomic mass is 19.1. The van der Waals surface area contributed by atoms with Crippen molar-refractivity contribution in [1.29, 1.82) is 0 Å². The van der Waals surface area contributed by atoms with Gasteiger partial charge >= 0.3 is 5.97 Å². The van der Waals surface area contributed by atoms with Crippen LogP contribution in [0.5, 0.6) is 0 Å². The molecule has 3 nitrogen and oxygen atoms in total. The van der Waals surface area contributed by atoms with Crippen LogP contribution in [0.3, 0.4) is 0 Å². The molecule has 0 saturated heterocycles. The molecule has 0 aliphatic carbocycles. The lowest BCUT2D eigenvalue weighted by atomic mass is 9.97. The van der Waals surface area contributed by atoms with Crippen molar-refractivity contribution >= 4 is 5.97 Å². The van der Waals surface area contributed by atoms with E-state index in [9.17, 15) is 14.3 Å². The molecule has 0 spiro atoms. The maximum Gasteiger partial charge on any atom is 0.341 e. The highest BCUT2D eigenvalue weighted by Gasteiger charge is 2.45. The monoisotopic (exact) mass is 224 g/mol. The number of unbranched alkanes of at least 4 members (excludes halogenated alkanes) is 1. The van der Waals surface area contributed by atoms with Gasteiger partial charge in [-0.3, -0.25) is 0 Å². The van der Waals surface area contributed by atoms with Crippen molar-refractivity contribution in [3.05, 3.63) is 35.1 Å². The molecule has 2 rings (SSSR count). The van der Waals surface area contributed by atoms with Crippen LogP contribution in [0.15, 0.2) is 18.2 Å². The number of ether oxygens (including phenoxy) is 1. The van der Waals surface area contributed by atoms with Crippen LogP contribution in [0.2, 0.25) is 0 Å². The van der Waals surface area contributed by atoms with Crippen LogP contribution in [0, 0.1) is 5.82 Å². The average Bonchev–Trinajstić information content (AvgIpc) is 2.50. The minimum absolute atomic E-state index is 0.0200. The molecule has 0 bridgehead atoms. The highest BCUT2D eigenvalue weighted by Crippen LogP contribution is 2.39. The first-order chi connectivity index (χ1) is 7.58. The number of fused-ring (bicyclic) bond motifs is 1. The minimum Gasteiger partial charge on any atom is -0.425 e. The fourth-order valence-corrected chi connectivity index (χ4v) is 1.94. The summed E-state index contributed by atoms with van der Waals surface area (Å²) in [6.07, 6.45) is 1.73. The Morgan fingerprint density at radius 1 is 1.50 bits per heavy atom. The Morgan fingerprint density at radius 3 is 2.94 bits per heavy atom. The van der Waals surface area contributed by atoms with Gasteiger partial charge in [-0.15, -0.1) is 0 Å². The molecule has 1 aromatic carbocycles. The zero-order valence-electron chi connectivity index (χ0n) is 9.00. The van der Waals surface area contributed by atoms with E-state index in [2.05, 4.69) is 0 Å². The van der Waals surface area contributed by atoms with E-state index in [1.807, 2.05) is 6.92 Å². The van der Waals surface area contributed by atoms with Gasteiger partial charge in [0.1, 0.15) is 5.82 Å². The van der Waals surface area contributed by atoms with E-state index in [1.54, 1.807) is 0 Å². The van der Waals surface area contributed by atoms with Crippen molar-refractivity contribution in [2.24, 2.45) is 0 Å². The maximum atomic E-state index is 13.6. The summed E-state index contributed by atoms with van der Waals surface area (Å²) < 4.78 is 18.5. The third-order valence-electron chi connectivity index (χ3n) is 2.75. The Labute approximate surface area is 92.9 Å². The van der Waals surface area contributed by atoms with Gasteiger partial charge < -0.3 is 9.84 Å². The second kappa shape index (κ2) is 3.87. The molecular weight excluding hydrogens is 211 g/mol. The second-order valence-corrected chi connectivity index (χ2v) is 3.94. The summed E-state index contributed by atoms with van der Waals surface area (Å²) in [5, 5.41) is 10.1. The topological polar surface area (TPSA) is 46.5 Å². The van der Waals surface area contributed by atoms with Crippen molar-refractivity contribution in [1.82, 2.24) is 0 Å². The van der Waals surface area contributed by atoms with Crippen molar-refractivity contribution in [2.75, 3.05) is 0 Å². The van der Waals surface area contributed by atoms with Crippen LogP contribution >= 0.6 is 0 Å². The predicted molar refractivity (Wildman–Crippen MR) is 55.2 cm³/mol. The molecule has 16 heavy (non-hydrogen) atoms. The molecule has 1 aromatic rings. The zero-order valence-corrected chi connectivity index (χ0v) is 9.00. The largest absolute Gasteiger partial charge is 0.425 e. The van der Waals surface area contributed by atoms with E-state index in [0.29, 0.717) is 6.42 Å². The average molecular weight is 224 g/mol. The standard InChI is InChI=1S/C12H13FO3/c1-2-3-7-12(15)10-8(11(14)16-12)5-4-6-9(10)13/h4-6,15H,2-3,7H2,1H3. The first-order valence-electron chi connectivity index (χ1n) is 5.33. The summed E-state index contributed by atoms with van der Waals surface area (Å²) >= 11 is 0. The Balaban J connectivity index is 2.44. The molecule has 0 radical (unpaired) electrons. The smallest absolute Gasteiger partial charge is 0.341 e. The molecule has 4 heteroatoms. The van der Waals surface area contributed by atoms with E-state index in [1.165, 1.54) is 18.2 Å². The number of carbonyl (C=O) groups is 1. The Morgan fingerprint density at radius 2 is 2.25 bits per heavy atom. The number of halogens is 1. The van der Waals surface area contributed by atoms with Crippen molar-refractivity contribution in [3.63, 3.8) is 0 Å². The van der Waals surface area contributed by atoms with Gasteiger partial charge in [0.25, 0.3) is 0 Å². The van der Waals surface area contributed by atoms with Gasteiger partial charge in [0.2, 0.25) is 5.79 Å². The van der Waals surface area contributed by atoms with Crippen molar-refractivity contribution in [3.8, 4) is 0 Å². The van der Waals surface area contributed by atoms with Gasteiger partial charge in [-0.1, -0.05) is 19.4 Å². The van der Waals surface area contributed by atoms with Crippen LogP contribution < -0.4 is 0 Å². The van der Waals surface area contributed by atoms with Crippen molar-refractivity contribution < 1.29 is 19.0 Å². The molecule has 0 aromatic heterocycles. The first-order valence-corrected chi connectivity index (χ1v) is 5.33. The number of benzene rings is 1. The molecule has 0 saturated carbocycles. The molecular formula is C12H13FO3. The van der Waals surface area contributed by atoms with Gasteiger partial charge in [0.15, 0.2) is 0 Å². The number of aliphatic hydroxyl groups is 1. The molecule has 86 valence electrons. The maximum absolute atomic E-state index is 13.6. The number of esters is 1. The van der Waals surface area contributed by atoms with Crippen LogP contribution in [0.4, 0.5) is 4.39 Å². The van der Waals surface area contributed by atoms with E-state index < -0.39 is 17.6 Å². The number of hydrogen-bond donors (Lipinski definition) is 1. The first kappa shape index (κ1) is 11.1. The molecule has 1 atom stereocenters. The molecule has 1 unspecified atom stereocenters. The van der Waals surface area contributed by atoms with E-state index in [0.717, 1.165) is 6.42 Å². The van der Waals surface area contributed by atoms with Crippen molar-refractivity contribution in [2.45, 2.75) is 32.0 Å². The van der Waals surface area contributed by atoms with E-state index in [4.69, 9.17) is 4.74 Å². The van der Waals surface area contributed by atoms with Crippen LogP contribution in [-0.4, -0.2) is 11.1 Å². The number of cyclic esters (lactones) is 1. The fourth-order valence-electron chi connectivity index (χ4n) is 1.94. The molecule has 0 amide bonds. The van der Waals surface area contributed by atoms with Gasteiger partial charge in [-0.2, -0.15) is 0 Å². The Bertz CT molecular complexity index is 430. The normalized spacial score (nSPS) is 23.1. The molecule has 1 aliphatic heterocycles. The summed E-state index contributed by atoms with van der Waals surface area (Å²) in [5.41, 5.74) is 0.104. The molecule has 0 fully saturated rings. The SMILES string of the molecule is CCCCC1(O)OC(=O)c2cccc(F)c21. The summed E-state index contributed by atoms with van der Waals surface area (Å²) in [6, 6.07) is 4.11. The summed E-state index contributed by atoms with van der Waals surface area (Å²) in [6.45, 7) is 1.95. The van der Waals surface area contributed by atoms with Gasteiger partial charge in [-0.05, 0) is 18.6 Å². The number of carbonyl (C=O) groups excluding carboxylic acids is 1. The van der Waals surface area contributed by atoms with Crippen LogP contribution in [0.1, 0.15) is 42.1 Å². The van der Waals surface area contributed by atoms with Crippen LogP contribution in [-0.2, 0) is 10.5 Å². The Hall–Kier alpha value is -1.42. The second-order valence-electron chi connectivity index (χ2n) is 3.94. The molecule has 1 aliphatic rings. The van der Waals surface area contributed by atoms with Gasteiger partial charge in [0, 0.05) is 6.42 Å². The lowest BCUT2D eigenvalue weighted by Gasteiger charge is -2.22. The summed E-state index contributed by atoms with van der Waals surface area (Å²) in [4.78, 5) is 11.4. The summed E-state index contributed by atoms with van der Waals surface area (Å²) in [5.74, 6) is -3.04. The molecule has 1 N–H and O–H groups in total. The lowest BCUT2D eigenvalue weighted by Crippen LogP contribution is -2.26. The van der Waals surface area contributed by atoms with Gasteiger partial charge in [-0.25, -0.2) is 9.18 Å². The number of hydrogen-bond acceptors (Lipinski definition) is 3. The van der Waals surface area contributed by atoms with Crippen LogP contribution in [0.25, 0.3) is 0 Å². The third kappa shape index (κ3) is 1.59. The minimum atomic E-state index is -1.78. The predicted octanol–water partition coefficient (Wildman–Crippen LogP) is 2.33. The van der Waals surface area contributed by atoms with Gasteiger partial charge in [0.05, 0.1) is 11.1 Å². The highest BCUT2D eigenvalue weighted by molar-refractivity contribution is 5.94.